The summed E-state index contributed by atoms with van der Waals surface area (Å²) < 4.78 is 11.3. The predicted octanol–water partition coefficient (Wildman–Crippen LogP) is 1.89. The van der Waals surface area contributed by atoms with E-state index in [1.54, 1.807) is 17.2 Å². The van der Waals surface area contributed by atoms with Gasteiger partial charge in [-0.15, -0.1) is 0 Å². The Morgan fingerprint density at radius 3 is 2.63 bits per heavy atom. The monoisotopic (exact) mass is 476 g/mol. The molecule has 10 nitrogen and oxygen atoms in total. The minimum Gasteiger partial charge on any atom is -0.485 e. The number of hydrogen-bond donors (Lipinski definition) is 3. The van der Waals surface area contributed by atoms with Crippen molar-refractivity contribution in [1.82, 2.24) is 14.9 Å². The van der Waals surface area contributed by atoms with Gasteiger partial charge in [-0.3, -0.25) is 4.79 Å². The van der Waals surface area contributed by atoms with Crippen LogP contribution in [0.3, 0.4) is 0 Å². The fourth-order valence-electron chi connectivity index (χ4n) is 4.10. The van der Waals surface area contributed by atoms with E-state index in [9.17, 15) is 4.79 Å². The van der Waals surface area contributed by atoms with E-state index in [2.05, 4.69) is 32.3 Å². The number of nitrogen functional groups attached to an aromatic ring is 1. The smallest absolute Gasteiger partial charge is 0.248 e. The second kappa shape index (κ2) is 10.2. The van der Waals surface area contributed by atoms with E-state index in [0.29, 0.717) is 30.5 Å². The number of ether oxygens (including phenoxy) is 2. The Kier molecular flexibility index (Phi) is 6.64. The van der Waals surface area contributed by atoms with Crippen molar-refractivity contribution in [2.45, 2.75) is 6.10 Å². The maximum Gasteiger partial charge on any atom is 0.248 e. The summed E-state index contributed by atoms with van der Waals surface area (Å²) in [5.74, 6) is 0.751. The lowest BCUT2D eigenvalue weighted by Crippen LogP contribution is -2.56. The highest BCUT2D eigenvalue weighted by Crippen LogP contribution is 2.30. The van der Waals surface area contributed by atoms with Crippen LogP contribution in [0.15, 0.2) is 54.7 Å². The second-order valence-corrected chi connectivity index (χ2v) is 8.49. The summed E-state index contributed by atoms with van der Waals surface area (Å²) >= 11 is 0. The first-order valence-electron chi connectivity index (χ1n) is 11.6. The van der Waals surface area contributed by atoms with Crippen molar-refractivity contribution in [3.05, 3.63) is 54.7 Å². The highest BCUT2D eigenvalue weighted by Gasteiger charge is 2.32. The van der Waals surface area contributed by atoms with Gasteiger partial charge in [0.1, 0.15) is 18.5 Å². The summed E-state index contributed by atoms with van der Waals surface area (Å²) in [6.07, 6.45) is 1.57. The maximum absolute atomic E-state index is 11.5. The number of carbonyl (C=O) groups excluding carboxylic acids is 1. The number of amides is 1. The Morgan fingerprint density at radius 2 is 1.91 bits per heavy atom. The van der Waals surface area contributed by atoms with Gasteiger partial charge in [0.15, 0.2) is 0 Å². The quantitative estimate of drug-likeness (QED) is 0.438. The number of anilines is 4. The minimum atomic E-state index is -0.487. The zero-order valence-electron chi connectivity index (χ0n) is 19.3. The first-order valence-corrected chi connectivity index (χ1v) is 11.6. The molecule has 2 aliphatic heterocycles. The lowest BCUT2D eigenvalue weighted by molar-refractivity contribution is -0.142. The molecule has 2 aromatic carbocycles. The molecule has 10 heteroatoms. The summed E-state index contributed by atoms with van der Waals surface area (Å²) in [6.45, 7) is 3.69. The number of morpholine rings is 1. The predicted molar refractivity (Wildman–Crippen MR) is 133 cm³/mol. The van der Waals surface area contributed by atoms with Gasteiger partial charge in [-0.2, -0.15) is 0 Å². The molecule has 5 rings (SSSR count). The number of hydrogen-bond acceptors (Lipinski definition) is 9. The van der Waals surface area contributed by atoms with E-state index >= 15 is 0 Å². The molecule has 35 heavy (non-hydrogen) atoms. The third-order valence-electron chi connectivity index (χ3n) is 6.09. The SMILES string of the molecule is Nc1cc(-c2ccnc(Nc3ccc(N4CCOCC4)cc3)n2)ccc1OC1CN(C(=O)CO)C1. The fraction of sp³-hybridized carbons (Fsp3) is 0.320. The molecule has 1 amide bonds. The molecule has 2 fully saturated rings. The number of aliphatic hydroxyl groups is 1. The van der Waals surface area contributed by atoms with Gasteiger partial charge in [0, 0.05) is 36.2 Å². The van der Waals surface area contributed by atoms with Crippen molar-refractivity contribution in [2.75, 3.05) is 62.0 Å². The van der Waals surface area contributed by atoms with E-state index in [1.165, 1.54) is 5.69 Å². The Bertz CT molecular complexity index is 1180. The molecule has 2 aliphatic rings. The van der Waals surface area contributed by atoms with Crippen molar-refractivity contribution < 1.29 is 19.4 Å². The number of aliphatic hydroxyl groups excluding tert-OH is 1. The lowest BCUT2D eigenvalue weighted by atomic mass is 10.1. The highest BCUT2D eigenvalue weighted by molar-refractivity contribution is 5.78. The maximum atomic E-state index is 11.5. The first-order chi connectivity index (χ1) is 17.1. The first kappa shape index (κ1) is 22.9. The number of nitrogens with one attached hydrogen (secondary N) is 1. The normalized spacial score (nSPS) is 16.0. The largest absolute Gasteiger partial charge is 0.485 e. The molecule has 182 valence electrons. The molecule has 0 saturated carbocycles. The third-order valence-corrected chi connectivity index (χ3v) is 6.09. The van der Waals surface area contributed by atoms with E-state index in [0.717, 1.165) is 43.2 Å². The number of nitrogens with two attached hydrogens (primary N) is 1. The van der Waals surface area contributed by atoms with Crippen molar-refractivity contribution in [3.63, 3.8) is 0 Å². The van der Waals surface area contributed by atoms with Gasteiger partial charge in [0.2, 0.25) is 11.9 Å². The van der Waals surface area contributed by atoms with Crippen molar-refractivity contribution in [1.29, 1.82) is 0 Å². The molecule has 3 aromatic rings. The van der Waals surface area contributed by atoms with Crippen molar-refractivity contribution >= 4 is 28.9 Å². The molecular weight excluding hydrogens is 448 g/mol. The average Bonchev–Trinajstić information content (AvgIpc) is 2.87. The standard InChI is InChI=1S/C25H28N6O4/c26-21-13-17(1-6-23(21)35-20-14-31(15-20)24(33)16-32)22-7-8-27-25(29-22)28-18-2-4-19(5-3-18)30-9-11-34-12-10-30/h1-8,13,20,32H,9-12,14-16,26H2,(H,27,28,29). The molecule has 3 heterocycles. The van der Waals surface area contributed by atoms with Gasteiger partial charge in [0.25, 0.3) is 0 Å². The van der Waals surface area contributed by atoms with Gasteiger partial charge in [-0.25, -0.2) is 9.97 Å². The van der Waals surface area contributed by atoms with Gasteiger partial charge in [-0.1, -0.05) is 0 Å². The number of rotatable bonds is 7. The Morgan fingerprint density at radius 1 is 1.14 bits per heavy atom. The average molecular weight is 477 g/mol. The van der Waals surface area contributed by atoms with Gasteiger partial charge in [0.05, 0.1) is 37.7 Å². The molecule has 0 unspecified atom stereocenters. The summed E-state index contributed by atoms with van der Waals surface area (Å²) in [4.78, 5) is 24.3. The van der Waals surface area contributed by atoms with Crippen LogP contribution in [0, 0.1) is 0 Å². The van der Waals surface area contributed by atoms with E-state index in [1.807, 2.05) is 30.3 Å². The number of carbonyl (C=O) groups is 1. The summed E-state index contributed by atoms with van der Waals surface area (Å²) in [5, 5.41) is 12.2. The van der Waals surface area contributed by atoms with Crippen LogP contribution in [0.5, 0.6) is 5.75 Å². The molecule has 4 N–H and O–H groups in total. The van der Waals surface area contributed by atoms with Gasteiger partial charge >= 0.3 is 0 Å². The van der Waals surface area contributed by atoms with Gasteiger partial charge in [-0.05, 0) is 48.5 Å². The van der Waals surface area contributed by atoms with E-state index in [-0.39, 0.29) is 12.0 Å². The molecule has 0 aliphatic carbocycles. The van der Waals surface area contributed by atoms with E-state index in [4.69, 9.17) is 20.3 Å². The molecular formula is C25H28N6O4. The molecule has 0 radical (unpaired) electrons. The Balaban J connectivity index is 1.22. The Labute approximate surface area is 203 Å². The van der Waals surface area contributed by atoms with Crippen molar-refractivity contribution in [3.8, 4) is 17.0 Å². The van der Waals surface area contributed by atoms with Crippen LogP contribution in [-0.2, 0) is 9.53 Å². The number of nitrogens with zero attached hydrogens (tertiary/aromatic N) is 4. The molecule has 0 atom stereocenters. The van der Waals surface area contributed by atoms with Crippen LogP contribution < -0.4 is 20.7 Å². The van der Waals surface area contributed by atoms with Crippen LogP contribution in [0.2, 0.25) is 0 Å². The second-order valence-electron chi connectivity index (χ2n) is 8.49. The highest BCUT2D eigenvalue weighted by atomic mass is 16.5. The zero-order chi connectivity index (χ0) is 24.2. The van der Waals surface area contributed by atoms with Crippen molar-refractivity contribution in [2.24, 2.45) is 0 Å². The molecule has 0 bridgehead atoms. The minimum absolute atomic E-state index is 0.136. The number of aromatic nitrogens is 2. The zero-order valence-corrected chi connectivity index (χ0v) is 19.3. The van der Waals surface area contributed by atoms with Crippen LogP contribution in [0.1, 0.15) is 0 Å². The molecule has 2 saturated heterocycles. The summed E-state index contributed by atoms with van der Waals surface area (Å²) in [6, 6.07) is 15.5. The molecule has 0 spiro atoms. The summed E-state index contributed by atoms with van der Waals surface area (Å²) in [7, 11) is 0. The number of benzene rings is 2. The lowest BCUT2D eigenvalue weighted by Gasteiger charge is -2.38. The number of likely N-dealkylation sites (tertiary alicyclic amines) is 1. The summed E-state index contributed by atoms with van der Waals surface area (Å²) in [5.41, 5.74) is 10.4. The third kappa shape index (κ3) is 5.28. The molecule has 1 aromatic heterocycles. The fourth-order valence-corrected chi connectivity index (χ4v) is 4.10. The van der Waals surface area contributed by atoms with Crippen LogP contribution in [0.4, 0.5) is 23.0 Å². The topological polar surface area (TPSA) is 126 Å². The van der Waals surface area contributed by atoms with Crippen LogP contribution >= 0.6 is 0 Å². The van der Waals surface area contributed by atoms with E-state index < -0.39 is 6.61 Å². The van der Waals surface area contributed by atoms with Crippen LogP contribution in [-0.4, -0.2) is 78.0 Å². The van der Waals surface area contributed by atoms with Crippen LogP contribution in [0.25, 0.3) is 11.3 Å². The Hall–Kier alpha value is -3.89. The van der Waals surface area contributed by atoms with Gasteiger partial charge < -0.3 is 35.4 Å².